The lowest BCUT2D eigenvalue weighted by Crippen LogP contribution is -2.51. The number of hydrogen-bond donors (Lipinski definition) is 1. The summed E-state index contributed by atoms with van der Waals surface area (Å²) in [6, 6.07) is 0. The van der Waals surface area contributed by atoms with Crippen molar-refractivity contribution in [1.82, 2.24) is 10.2 Å². The van der Waals surface area contributed by atoms with Gasteiger partial charge in [0.2, 0.25) is 0 Å². The molecule has 98 valence electrons. The molecular weight excluding hydrogens is 345 g/mol. The van der Waals surface area contributed by atoms with Crippen molar-refractivity contribution >= 4 is 41.7 Å². The number of nitrogens with one attached hydrogen (secondary N) is 1. The molecule has 0 aromatic carbocycles. The van der Waals surface area contributed by atoms with Crippen LogP contribution in [0.15, 0.2) is 4.99 Å². The van der Waals surface area contributed by atoms with Gasteiger partial charge in [0.15, 0.2) is 5.96 Å². The third-order valence-corrected chi connectivity index (χ3v) is 3.68. The van der Waals surface area contributed by atoms with E-state index < -0.39 is 0 Å². The molecule has 0 bridgehead atoms. The van der Waals surface area contributed by atoms with Crippen LogP contribution < -0.4 is 5.32 Å². The van der Waals surface area contributed by atoms with Gasteiger partial charge in [-0.05, 0) is 20.8 Å². The number of terminal acetylenes is 1. The minimum atomic E-state index is 0. The van der Waals surface area contributed by atoms with Crippen molar-refractivity contribution in [3.8, 4) is 12.3 Å². The second-order valence-electron chi connectivity index (χ2n) is 4.40. The second kappa shape index (κ2) is 8.09. The van der Waals surface area contributed by atoms with Crippen LogP contribution in [0.3, 0.4) is 0 Å². The predicted molar refractivity (Wildman–Crippen MR) is 88.3 cm³/mol. The van der Waals surface area contributed by atoms with Crippen molar-refractivity contribution in [2.75, 3.05) is 31.9 Å². The maximum Gasteiger partial charge on any atom is 0.194 e. The lowest BCUT2D eigenvalue weighted by molar-refractivity contribution is 0.376. The summed E-state index contributed by atoms with van der Waals surface area (Å²) in [6.07, 6.45) is 5.25. The highest BCUT2D eigenvalue weighted by Gasteiger charge is 2.28. The van der Waals surface area contributed by atoms with Crippen molar-refractivity contribution < 1.29 is 0 Å². The average molecular weight is 367 g/mol. The van der Waals surface area contributed by atoms with E-state index in [4.69, 9.17) is 6.42 Å². The fraction of sp³-hybridized carbons (Fsp3) is 0.750. The smallest absolute Gasteiger partial charge is 0.194 e. The van der Waals surface area contributed by atoms with E-state index in [1.54, 1.807) is 0 Å². The summed E-state index contributed by atoms with van der Waals surface area (Å²) in [5, 5.41) is 3.30. The number of halogens is 1. The molecule has 0 aliphatic carbocycles. The monoisotopic (exact) mass is 367 g/mol. The van der Waals surface area contributed by atoms with Crippen molar-refractivity contribution in [3.05, 3.63) is 0 Å². The first-order chi connectivity index (χ1) is 7.59. The molecular formula is C12H22IN3S. The van der Waals surface area contributed by atoms with E-state index in [2.05, 4.69) is 41.9 Å². The molecule has 0 saturated carbocycles. The fourth-order valence-corrected chi connectivity index (χ4v) is 2.85. The van der Waals surface area contributed by atoms with Crippen LogP contribution in [0.4, 0.5) is 0 Å². The minimum absolute atomic E-state index is 0. The van der Waals surface area contributed by atoms with Gasteiger partial charge in [0.25, 0.3) is 0 Å². The zero-order chi connectivity index (χ0) is 12.0. The molecule has 0 aromatic rings. The maximum atomic E-state index is 5.25. The number of aliphatic imine (C=N–C) groups is 1. The van der Waals surface area contributed by atoms with Crippen LogP contribution in [0.5, 0.6) is 0 Å². The highest BCUT2D eigenvalue weighted by Crippen LogP contribution is 2.29. The molecule has 17 heavy (non-hydrogen) atoms. The summed E-state index contributed by atoms with van der Waals surface area (Å²) in [6.45, 7) is 10.0. The van der Waals surface area contributed by atoms with E-state index in [9.17, 15) is 0 Å². The molecule has 1 saturated heterocycles. The molecule has 0 aromatic heterocycles. The molecule has 0 atom stereocenters. The molecule has 3 nitrogen and oxygen atoms in total. The predicted octanol–water partition coefficient (Wildman–Crippen LogP) is 2.03. The van der Waals surface area contributed by atoms with Crippen molar-refractivity contribution in [1.29, 1.82) is 0 Å². The van der Waals surface area contributed by atoms with Crippen LogP contribution in [-0.4, -0.2) is 47.5 Å². The van der Waals surface area contributed by atoms with E-state index in [0.717, 1.165) is 31.3 Å². The quantitative estimate of drug-likeness (QED) is 0.350. The van der Waals surface area contributed by atoms with Gasteiger partial charge >= 0.3 is 0 Å². The van der Waals surface area contributed by atoms with E-state index in [0.29, 0.717) is 11.3 Å². The van der Waals surface area contributed by atoms with Gasteiger partial charge in [-0.3, -0.25) is 0 Å². The first kappa shape index (κ1) is 16.9. The minimum Gasteiger partial charge on any atom is -0.356 e. The molecule has 1 aliphatic heterocycles. The maximum absolute atomic E-state index is 5.25. The molecule has 0 radical (unpaired) electrons. The summed E-state index contributed by atoms with van der Waals surface area (Å²) in [7, 11) is 0. The number of hydrogen-bond acceptors (Lipinski definition) is 2. The Kier molecular flexibility index (Phi) is 8.05. The Labute approximate surface area is 126 Å². The van der Waals surface area contributed by atoms with Crippen LogP contribution in [0, 0.1) is 12.3 Å². The summed E-state index contributed by atoms with van der Waals surface area (Å²) in [5.74, 6) is 4.66. The van der Waals surface area contributed by atoms with Crippen LogP contribution in [-0.2, 0) is 0 Å². The Morgan fingerprint density at radius 2 is 2.29 bits per heavy atom. The highest BCUT2D eigenvalue weighted by molar-refractivity contribution is 14.0. The highest BCUT2D eigenvalue weighted by atomic mass is 127. The largest absolute Gasteiger partial charge is 0.356 e. The van der Waals surface area contributed by atoms with Gasteiger partial charge in [0, 0.05) is 30.1 Å². The topological polar surface area (TPSA) is 27.6 Å². The van der Waals surface area contributed by atoms with Gasteiger partial charge < -0.3 is 10.2 Å². The van der Waals surface area contributed by atoms with Crippen LogP contribution >= 0.6 is 35.7 Å². The first-order valence-electron chi connectivity index (χ1n) is 5.70. The zero-order valence-corrected chi connectivity index (χ0v) is 14.0. The zero-order valence-electron chi connectivity index (χ0n) is 10.8. The van der Waals surface area contributed by atoms with Crippen LogP contribution in [0.25, 0.3) is 0 Å². The normalized spacial score (nSPS) is 19.2. The molecule has 0 unspecified atom stereocenters. The number of thioether (sulfide) groups is 1. The van der Waals surface area contributed by atoms with Crippen LogP contribution in [0.2, 0.25) is 0 Å². The van der Waals surface area contributed by atoms with Crippen molar-refractivity contribution in [2.24, 2.45) is 4.99 Å². The standard InChI is InChI=1S/C12H21N3S.HI/c1-5-7-14-11(13-6-2)15-8-9-16-12(3,4)10-15;/h1H,6-10H2,2-4H3,(H,13,14);1H. The van der Waals surface area contributed by atoms with Gasteiger partial charge in [-0.1, -0.05) is 5.92 Å². The summed E-state index contributed by atoms with van der Waals surface area (Å²) < 4.78 is 0.296. The van der Waals surface area contributed by atoms with Gasteiger partial charge in [-0.15, -0.1) is 30.4 Å². The molecule has 1 heterocycles. The molecule has 1 aliphatic rings. The summed E-state index contributed by atoms with van der Waals surface area (Å²) in [4.78, 5) is 6.71. The first-order valence-corrected chi connectivity index (χ1v) is 6.68. The van der Waals surface area contributed by atoms with Gasteiger partial charge in [0.1, 0.15) is 6.54 Å². The Hall–Kier alpha value is -0.0900. The molecule has 0 spiro atoms. The third-order valence-electron chi connectivity index (χ3n) is 2.38. The Morgan fingerprint density at radius 1 is 1.59 bits per heavy atom. The molecule has 0 amide bonds. The van der Waals surface area contributed by atoms with E-state index in [1.807, 2.05) is 11.8 Å². The lowest BCUT2D eigenvalue weighted by atomic mass is 10.2. The third kappa shape index (κ3) is 5.87. The van der Waals surface area contributed by atoms with E-state index in [-0.39, 0.29) is 24.0 Å². The lowest BCUT2D eigenvalue weighted by Gasteiger charge is -2.39. The Bertz CT molecular complexity index is 297. The molecule has 1 fully saturated rings. The van der Waals surface area contributed by atoms with E-state index in [1.165, 1.54) is 0 Å². The van der Waals surface area contributed by atoms with Gasteiger partial charge in [-0.25, -0.2) is 4.99 Å². The van der Waals surface area contributed by atoms with Crippen molar-refractivity contribution in [2.45, 2.75) is 25.5 Å². The number of rotatable bonds is 2. The van der Waals surface area contributed by atoms with Gasteiger partial charge in [0.05, 0.1) is 0 Å². The molecule has 5 heteroatoms. The fourth-order valence-electron chi connectivity index (χ4n) is 1.74. The SMILES string of the molecule is C#CCN=C(NCC)N1CCSC(C)(C)C1.I. The number of nitrogens with zero attached hydrogens (tertiary/aromatic N) is 2. The van der Waals surface area contributed by atoms with Crippen LogP contribution in [0.1, 0.15) is 20.8 Å². The Morgan fingerprint density at radius 3 is 2.82 bits per heavy atom. The molecule has 1 rings (SSSR count). The van der Waals surface area contributed by atoms with E-state index >= 15 is 0 Å². The van der Waals surface area contributed by atoms with Crippen molar-refractivity contribution in [3.63, 3.8) is 0 Å². The average Bonchev–Trinajstić information content (AvgIpc) is 2.22. The number of guanidine groups is 1. The van der Waals surface area contributed by atoms with Gasteiger partial charge in [-0.2, -0.15) is 11.8 Å². The molecule has 1 N–H and O–H groups in total. The Balaban J connectivity index is 0.00000256. The second-order valence-corrected chi connectivity index (χ2v) is 6.21. The summed E-state index contributed by atoms with van der Waals surface area (Å²) in [5.41, 5.74) is 0. The summed E-state index contributed by atoms with van der Waals surface area (Å²) >= 11 is 2.02.